The average Bonchev–Trinajstić information content (AvgIpc) is 2.39. The van der Waals surface area contributed by atoms with Gasteiger partial charge in [-0.3, -0.25) is 4.90 Å². The van der Waals surface area contributed by atoms with Crippen molar-refractivity contribution in [2.75, 3.05) is 26.2 Å². The fourth-order valence-corrected chi connectivity index (χ4v) is 2.80. The monoisotopic (exact) mass is 352 g/mol. The molecule has 0 saturated carbocycles. The van der Waals surface area contributed by atoms with E-state index in [0.29, 0.717) is 36.2 Å². The normalized spacial score (nSPS) is 19.0. The molecule has 1 fully saturated rings. The van der Waals surface area contributed by atoms with E-state index in [-0.39, 0.29) is 5.75 Å². The van der Waals surface area contributed by atoms with Crippen LogP contribution in [-0.4, -0.2) is 42.4 Å². The van der Waals surface area contributed by atoms with Crippen LogP contribution in [0.5, 0.6) is 5.75 Å². The molecule has 1 atom stereocenters. The molecular weight excluding hydrogens is 337 g/mol. The maximum absolute atomic E-state index is 12.8. The number of alkyl halides is 3. The molecule has 0 aliphatic carbocycles. The van der Waals surface area contributed by atoms with Crippen molar-refractivity contribution in [3.63, 3.8) is 0 Å². The number of phenols is 1. The molecule has 7 heteroatoms. The molecule has 3 nitrogen and oxygen atoms in total. The molecule has 1 aliphatic heterocycles. The van der Waals surface area contributed by atoms with Crippen LogP contribution in [0.15, 0.2) is 22.7 Å². The molecule has 20 heavy (non-hydrogen) atoms. The Kier molecular flexibility index (Phi) is 4.93. The lowest BCUT2D eigenvalue weighted by molar-refractivity contribution is -0.148. The van der Waals surface area contributed by atoms with Gasteiger partial charge in [0, 0.05) is 32.2 Å². The molecular formula is C13H16BrF3N2O. The number of phenolic OH excluding ortho intramolecular Hbond substituents is 1. The van der Waals surface area contributed by atoms with E-state index in [4.69, 9.17) is 0 Å². The molecule has 1 aliphatic rings. The van der Waals surface area contributed by atoms with Gasteiger partial charge in [-0.2, -0.15) is 13.2 Å². The molecule has 0 amide bonds. The van der Waals surface area contributed by atoms with Crippen LogP contribution < -0.4 is 5.32 Å². The standard InChI is InChI=1S/C13H16BrF3N2O/c14-10-7-9(1-2-12(10)20)11(8-13(15,16)17)19-5-3-18-4-6-19/h1-2,7,11,18,20H,3-6,8H2/t11-/m0/s1. The third-order valence-corrected chi connectivity index (χ3v) is 4.01. The summed E-state index contributed by atoms with van der Waals surface area (Å²) in [6.45, 7) is 2.54. The summed E-state index contributed by atoms with van der Waals surface area (Å²) in [7, 11) is 0. The van der Waals surface area contributed by atoms with Crippen molar-refractivity contribution in [1.29, 1.82) is 0 Å². The zero-order valence-corrected chi connectivity index (χ0v) is 12.3. The smallest absolute Gasteiger partial charge is 0.390 e. The third kappa shape index (κ3) is 4.10. The van der Waals surface area contributed by atoms with Crippen molar-refractivity contribution < 1.29 is 18.3 Å². The number of rotatable bonds is 3. The maximum Gasteiger partial charge on any atom is 0.390 e. The van der Waals surface area contributed by atoms with Gasteiger partial charge in [0.2, 0.25) is 0 Å². The number of hydrogen-bond acceptors (Lipinski definition) is 3. The van der Waals surface area contributed by atoms with E-state index in [1.54, 1.807) is 12.1 Å². The molecule has 1 heterocycles. The highest BCUT2D eigenvalue weighted by Gasteiger charge is 2.36. The zero-order valence-electron chi connectivity index (χ0n) is 10.8. The molecule has 1 aromatic rings. The van der Waals surface area contributed by atoms with Crippen molar-refractivity contribution in [3.05, 3.63) is 28.2 Å². The number of benzene rings is 1. The average molecular weight is 353 g/mol. The van der Waals surface area contributed by atoms with Crippen LogP contribution in [0.2, 0.25) is 0 Å². The summed E-state index contributed by atoms with van der Waals surface area (Å²) in [6.07, 6.45) is -5.11. The van der Waals surface area contributed by atoms with E-state index in [1.165, 1.54) is 6.07 Å². The Hall–Kier alpha value is -0.790. The number of piperazine rings is 1. The van der Waals surface area contributed by atoms with Gasteiger partial charge in [-0.25, -0.2) is 0 Å². The quantitative estimate of drug-likeness (QED) is 0.877. The predicted octanol–water partition coefficient (Wildman–Crippen LogP) is 3.05. The number of nitrogens with one attached hydrogen (secondary N) is 1. The van der Waals surface area contributed by atoms with Gasteiger partial charge in [-0.1, -0.05) is 6.07 Å². The first-order chi connectivity index (χ1) is 9.37. The molecule has 1 aromatic carbocycles. The Balaban J connectivity index is 2.26. The van der Waals surface area contributed by atoms with Crippen molar-refractivity contribution >= 4 is 15.9 Å². The van der Waals surface area contributed by atoms with Gasteiger partial charge in [-0.15, -0.1) is 0 Å². The van der Waals surface area contributed by atoms with Crippen LogP contribution in [0.25, 0.3) is 0 Å². The summed E-state index contributed by atoms with van der Waals surface area (Å²) < 4.78 is 38.9. The van der Waals surface area contributed by atoms with E-state index in [0.717, 1.165) is 0 Å². The highest BCUT2D eigenvalue weighted by atomic mass is 79.9. The van der Waals surface area contributed by atoms with Crippen LogP contribution in [0, 0.1) is 0 Å². The minimum atomic E-state index is -4.22. The Labute approximate surface area is 123 Å². The Morgan fingerprint density at radius 2 is 1.95 bits per heavy atom. The molecule has 112 valence electrons. The van der Waals surface area contributed by atoms with Gasteiger partial charge in [0.25, 0.3) is 0 Å². The topological polar surface area (TPSA) is 35.5 Å². The van der Waals surface area contributed by atoms with Crippen LogP contribution in [0.1, 0.15) is 18.0 Å². The molecule has 0 radical (unpaired) electrons. The second-order valence-electron chi connectivity index (χ2n) is 4.83. The van der Waals surface area contributed by atoms with Gasteiger partial charge >= 0.3 is 6.18 Å². The minimum absolute atomic E-state index is 0.0276. The van der Waals surface area contributed by atoms with Crippen molar-refractivity contribution in [3.8, 4) is 5.75 Å². The zero-order chi connectivity index (χ0) is 14.8. The number of aromatic hydroxyl groups is 1. The van der Waals surface area contributed by atoms with Gasteiger partial charge in [0.1, 0.15) is 5.75 Å². The van der Waals surface area contributed by atoms with Crippen LogP contribution in [0.3, 0.4) is 0 Å². The molecule has 0 unspecified atom stereocenters. The fourth-order valence-electron chi connectivity index (χ4n) is 2.40. The first-order valence-corrected chi connectivity index (χ1v) is 7.16. The lowest BCUT2D eigenvalue weighted by Crippen LogP contribution is -2.46. The summed E-state index contributed by atoms with van der Waals surface area (Å²) in [4.78, 5) is 1.84. The number of halogens is 4. The summed E-state index contributed by atoms with van der Waals surface area (Å²) in [6, 6.07) is 3.83. The first kappa shape index (κ1) is 15.6. The van der Waals surface area contributed by atoms with E-state index >= 15 is 0 Å². The molecule has 0 spiro atoms. The first-order valence-electron chi connectivity index (χ1n) is 6.37. The second kappa shape index (κ2) is 6.32. The summed E-state index contributed by atoms with van der Waals surface area (Å²) in [5, 5.41) is 12.6. The van der Waals surface area contributed by atoms with Gasteiger partial charge in [-0.05, 0) is 33.6 Å². The van der Waals surface area contributed by atoms with E-state index in [2.05, 4.69) is 21.2 Å². The van der Waals surface area contributed by atoms with Crippen LogP contribution in [0.4, 0.5) is 13.2 Å². The predicted molar refractivity (Wildman–Crippen MR) is 73.7 cm³/mol. The van der Waals surface area contributed by atoms with Crippen molar-refractivity contribution in [2.24, 2.45) is 0 Å². The molecule has 0 bridgehead atoms. The van der Waals surface area contributed by atoms with Gasteiger partial charge in [0.05, 0.1) is 10.9 Å². The van der Waals surface area contributed by atoms with Gasteiger partial charge < -0.3 is 10.4 Å². The number of nitrogens with zero attached hydrogens (tertiary/aromatic N) is 1. The minimum Gasteiger partial charge on any atom is -0.507 e. The lowest BCUT2D eigenvalue weighted by atomic mass is 10.0. The lowest BCUT2D eigenvalue weighted by Gasteiger charge is -2.35. The Bertz CT molecular complexity index is 461. The summed E-state index contributed by atoms with van der Waals surface area (Å²) in [5.74, 6) is 0.0276. The van der Waals surface area contributed by atoms with E-state index < -0.39 is 18.6 Å². The Morgan fingerprint density at radius 1 is 1.30 bits per heavy atom. The fraction of sp³-hybridized carbons (Fsp3) is 0.538. The molecule has 2 rings (SSSR count). The SMILES string of the molecule is Oc1ccc([C@H](CC(F)(F)F)N2CCNCC2)cc1Br. The van der Waals surface area contributed by atoms with Crippen LogP contribution in [-0.2, 0) is 0 Å². The molecule has 0 aromatic heterocycles. The van der Waals surface area contributed by atoms with Gasteiger partial charge in [0.15, 0.2) is 0 Å². The molecule has 1 saturated heterocycles. The summed E-state index contributed by atoms with van der Waals surface area (Å²) in [5.41, 5.74) is 0.564. The maximum atomic E-state index is 12.8. The highest BCUT2D eigenvalue weighted by Crippen LogP contribution is 2.36. The van der Waals surface area contributed by atoms with E-state index in [9.17, 15) is 18.3 Å². The number of hydrogen-bond donors (Lipinski definition) is 2. The third-order valence-electron chi connectivity index (χ3n) is 3.37. The molecule has 2 N–H and O–H groups in total. The highest BCUT2D eigenvalue weighted by molar-refractivity contribution is 9.10. The second-order valence-corrected chi connectivity index (χ2v) is 5.69. The largest absolute Gasteiger partial charge is 0.507 e. The van der Waals surface area contributed by atoms with E-state index in [1.807, 2.05) is 4.90 Å². The summed E-state index contributed by atoms with van der Waals surface area (Å²) >= 11 is 3.16. The van der Waals surface area contributed by atoms with Crippen LogP contribution >= 0.6 is 15.9 Å². The van der Waals surface area contributed by atoms with Crippen molar-refractivity contribution in [2.45, 2.75) is 18.6 Å². The van der Waals surface area contributed by atoms with Crippen molar-refractivity contribution in [1.82, 2.24) is 10.2 Å². The Morgan fingerprint density at radius 3 is 2.50 bits per heavy atom.